The van der Waals surface area contributed by atoms with E-state index in [1.54, 1.807) is 42.2 Å². The van der Waals surface area contributed by atoms with Crippen molar-refractivity contribution >= 4 is 21.9 Å². The first-order valence-corrected chi connectivity index (χ1v) is 13.4. The van der Waals surface area contributed by atoms with Crippen molar-refractivity contribution in [2.75, 3.05) is 26.2 Å². The minimum Gasteiger partial charge on any atom is -0.466 e. The van der Waals surface area contributed by atoms with E-state index < -0.39 is 15.9 Å². The Bertz CT molecular complexity index is 1080. The van der Waals surface area contributed by atoms with E-state index in [2.05, 4.69) is 0 Å². The maximum Gasteiger partial charge on any atom is 0.309 e. The number of hydrogen-bond acceptors (Lipinski definition) is 5. The normalized spacial score (nSPS) is 22.3. The minimum absolute atomic E-state index is 0.0258. The highest BCUT2D eigenvalue weighted by molar-refractivity contribution is 7.89. The molecule has 2 aliphatic rings. The van der Waals surface area contributed by atoms with Crippen LogP contribution in [0.3, 0.4) is 0 Å². The first-order valence-electron chi connectivity index (χ1n) is 12.0. The molecule has 0 aromatic heterocycles. The summed E-state index contributed by atoms with van der Waals surface area (Å²) in [4.78, 5) is 27.5. The highest BCUT2D eigenvalue weighted by Crippen LogP contribution is 2.38. The van der Waals surface area contributed by atoms with Gasteiger partial charge in [0.05, 0.1) is 29.4 Å². The lowest BCUT2D eigenvalue weighted by Crippen LogP contribution is -2.49. The molecule has 2 fully saturated rings. The van der Waals surface area contributed by atoms with Gasteiger partial charge in [0.15, 0.2) is 0 Å². The van der Waals surface area contributed by atoms with Gasteiger partial charge >= 0.3 is 5.97 Å². The summed E-state index contributed by atoms with van der Waals surface area (Å²) in [7, 11) is -3.78. The predicted molar refractivity (Wildman–Crippen MR) is 128 cm³/mol. The van der Waals surface area contributed by atoms with Gasteiger partial charge in [0, 0.05) is 19.6 Å². The van der Waals surface area contributed by atoms with Crippen LogP contribution in [0.25, 0.3) is 0 Å². The molecule has 1 amide bonds. The van der Waals surface area contributed by atoms with Gasteiger partial charge in [-0.05, 0) is 50.3 Å². The monoisotopic (exact) mass is 484 g/mol. The van der Waals surface area contributed by atoms with Crippen LogP contribution < -0.4 is 0 Å². The Balaban J connectivity index is 1.52. The van der Waals surface area contributed by atoms with Crippen molar-refractivity contribution in [2.24, 2.45) is 11.8 Å². The van der Waals surface area contributed by atoms with Crippen LogP contribution in [0.1, 0.15) is 44.2 Å². The molecular weight excluding hydrogens is 452 g/mol. The molecule has 2 aromatic rings. The molecule has 0 unspecified atom stereocenters. The molecule has 0 aliphatic carbocycles. The number of benzene rings is 2. The predicted octanol–water partition coefficient (Wildman–Crippen LogP) is 3.63. The molecule has 2 saturated heterocycles. The van der Waals surface area contributed by atoms with Crippen LogP contribution in [-0.2, 0) is 24.3 Å². The molecule has 2 aliphatic heterocycles. The number of nitrogens with zero attached hydrogens (tertiary/aromatic N) is 2. The van der Waals surface area contributed by atoms with Crippen LogP contribution in [-0.4, -0.2) is 55.7 Å². The van der Waals surface area contributed by atoms with Crippen LogP contribution in [0.15, 0.2) is 65.6 Å². The quantitative estimate of drug-likeness (QED) is 0.585. The number of esters is 1. The van der Waals surface area contributed by atoms with Crippen LogP contribution in [0.2, 0.25) is 0 Å². The van der Waals surface area contributed by atoms with Gasteiger partial charge in [-0.15, -0.1) is 0 Å². The van der Waals surface area contributed by atoms with E-state index >= 15 is 0 Å². The average Bonchev–Trinajstić information content (AvgIpc) is 2.89. The van der Waals surface area contributed by atoms with E-state index in [-0.39, 0.29) is 35.3 Å². The Hall–Kier alpha value is -2.71. The number of rotatable bonds is 6. The molecule has 2 heterocycles. The Morgan fingerprint density at radius 2 is 1.50 bits per heavy atom. The van der Waals surface area contributed by atoms with Crippen LogP contribution in [0.5, 0.6) is 0 Å². The first kappa shape index (κ1) is 24.4. The first-order chi connectivity index (χ1) is 16.4. The van der Waals surface area contributed by atoms with Crippen LogP contribution in [0.4, 0.5) is 0 Å². The summed E-state index contributed by atoms with van der Waals surface area (Å²) >= 11 is 0. The van der Waals surface area contributed by atoms with Crippen molar-refractivity contribution in [3.8, 4) is 0 Å². The Kier molecular flexibility index (Phi) is 7.68. The Morgan fingerprint density at radius 3 is 2.12 bits per heavy atom. The molecule has 0 saturated carbocycles. The SMILES string of the molecule is CCOC(=O)C1CCN(C(=O)[C@@H]2CC[C@H](c3ccccc3)N(S(=O)(=O)c3ccccc3)C2)CC1. The summed E-state index contributed by atoms with van der Waals surface area (Å²) in [6.07, 6.45) is 2.36. The molecule has 0 N–H and O–H groups in total. The molecular formula is C26H32N2O5S. The number of sulfonamides is 1. The van der Waals surface area contributed by atoms with E-state index in [0.29, 0.717) is 45.4 Å². The maximum absolute atomic E-state index is 13.6. The second kappa shape index (κ2) is 10.7. The van der Waals surface area contributed by atoms with Crippen molar-refractivity contribution in [2.45, 2.75) is 43.5 Å². The smallest absolute Gasteiger partial charge is 0.309 e. The molecule has 7 nitrogen and oxygen atoms in total. The summed E-state index contributed by atoms with van der Waals surface area (Å²) < 4.78 is 33.9. The Morgan fingerprint density at radius 1 is 0.882 bits per heavy atom. The zero-order valence-electron chi connectivity index (χ0n) is 19.5. The molecule has 8 heteroatoms. The fourth-order valence-electron chi connectivity index (χ4n) is 5.00. The summed E-state index contributed by atoms with van der Waals surface area (Å²) in [5.74, 6) is -0.800. The van der Waals surface area contributed by atoms with E-state index in [9.17, 15) is 18.0 Å². The highest BCUT2D eigenvalue weighted by atomic mass is 32.2. The number of amides is 1. The molecule has 0 radical (unpaired) electrons. The number of carbonyl (C=O) groups excluding carboxylic acids is 2. The molecule has 0 spiro atoms. The topological polar surface area (TPSA) is 84.0 Å². The van der Waals surface area contributed by atoms with E-state index in [1.807, 2.05) is 30.3 Å². The summed E-state index contributed by atoms with van der Waals surface area (Å²) in [6.45, 7) is 3.28. The lowest BCUT2D eigenvalue weighted by atomic mass is 9.89. The third-order valence-electron chi connectivity index (χ3n) is 6.85. The lowest BCUT2D eigenvalue weighted by molar-refractivity contribution is -0.152. The fraction of sp³-hybridized carbons (Fsp3) is 0.462. The molecule has 2 aromatic carbocycles. The van der Waals surface area contributed by atoms with E-state index in [1.165, 1.54) is 4.31 Å². The lowest BCUT2D eigenvalue weighted by Gasteiger charge is -2.41. The van der Waals surface area contributed by atoms with Crippen molar-refractivity contribution in [3.63, 3.8) is 0 Å². The van der Waals surface area contributed by atoms with Crippen LogP contribution >= 0.6 is 0 Å². The van der Waals surface area contributed by atoms with Crippen molar-refractivity contribution in [1.29, 1.82) is 0 Å². The second-order valence-corrected chi connectivity index (χ2v) is 10.8. The Labute approximate surface area is 201 Å². The zero-order chi connectivity index (χ0) is 24.1. The zero-order valence-corrected chi connectivity index (χ0v) is 20.3. The molecule has 34 heavy (non-hydrogen) atoms. The molecule has 4 rings (SSSR count). The minimum atomic E-state index is -3.78. The number of hydrogen-bond donors (Lipinski definition) is 0. The number of carbonyl (C=O) groups is 2. The van der Waals surface area contributed by atoms with Gasteiger partial charge in [-0.3, -0.25) is 9.59 Å². The maximum atomic E-state index is 13.6. The second-order valence-electron chi connectivity index (χ2n) is 8.94. The molecule has 182 valence electrons. The molecule has 2 atom stereocenters. The van der Waals surface area contributed by atoms with Gasteiger partial charge < -0.3 is 9.64 Å². The van der Waals surface area contributed by atoms with Gasteiger partial charge in [-0.1, -0.05) is 48.5 Å². The van der Waals surface area contributed by atoms with Gasteiger partial charge in [0.25, 0.3) is 0 Å². The highest BCUT2D eigenvalue weighted by Gasteiger charge is 2.41. The third-order valence-corrected chi connectivity index (χ3v) is 8.74. The van der Waals surface area contributed by atoms with Crippen molar-refractivity contribution in [1.82, 2.24) is 9.21 Å². The largest absolute Gasteiger partial charge is 0.466 e. The van der Waals surface area contributed by atoms with Gasteiger partial charge in [-0.2, -0.15) is 4.31 Å². The van der Waals surface area contributed by atoms with Gasteiger partial charge in [0.1, 0.15) is 0 Å². The van der Waals surface area contributed by atoms with Crippen LogP contribution in [0, 0.1) is 11.8 Å². The summed E-state index contributed by atoms with van der Waals surface area (Å²) in [5.41, 5.74) is 0.933. The number of piperidine rings is 2. The van der Waals surface area contributed by atoms with Gasteiger partial charge in [0.2, 0.25) is 15.9 Å². The standard InChI is InChI=1S/C26H32N2O5S/c1-2-33-26(30)21-15-17-27(18-16-21)25(29)22-13-14-24(20-9-5-3-6-10-20)28(19-22)34(31,32)23-11-7-4-8-12-23/h3-12,21-22,24H,2,13-19H2,1H3/t22-,24-/m1/s1. The van der Waals surface area contributed by atoms with Crippen molar-refractivity contribution in [3.05, 3.63) is 66.2 Å². The summed E-state index contributed by atoms with van der Waals surface area (Å²) in [5, 5.41) is 0. The summed E-state index contributed by atoms with van der Waals surface area (Å²) in [6, 6.07) is 17.7. The number of ether oxygens (including phenoxy) is 1. The van der Waals surface area contributed by atoms with E-state index in [4.69, 9.17) is 4.74 Å². The average molecular weight is 485 g/mol. The fourth-order valence-corrected chi connectivity index (χ4v) is 6.71. The number of likely N-dealkylation sites (tertiary alicyclic amines) is 1. The third kappa shape index (κ3) is 5.18. The van der Waals surface area contributed by atoms with Crippen molar-refractivity contribution < 1.29 is 22.7 Å². The van der Waals surface area contributed by atoms with E-state index in [0.717, 1.165) is 5.56 Å². The molecule has 0 bridgehead atoms. The van der Waals surface area contributed by atoms with Gasteiger partial charge in [-0.25, -0.2) is 8.42 Å².